The van der Waals surface area contributed by atoms with E-state index >= 15 is 0 Å². The number of aryl methyl sites for hydroxylation is 2. The molecule has 2 N–H and O–H groups in total. The molecule has 1 heterocycles. The van der Waals surface area contributed by atoms with Gasteiger partial charge in [-0.2, -0.15) is 0 Å². The first-order valence-corrected chi connectivity index (χ1v) is 12.8. The lowest BCUT2D eigenvalue weighted by Crippen LogP contribution is -2.26. The number of carbonyl (C=O) groups excluding carboxylic acids is 1. The van der Waals surface area contributed by atoms with Crippen LogP contribution in [0.5, 0.6) is 0 Å². The Kier molecular flexibility index (Phi) is 7.52. The summed E-state index contributed by atoms with van der Waals surface area (Å²) in [6, 6.07) is 6.56. The van der Waals surface area contributed by atoms with E-state index in [1.807, 2.05) is 19.1 Å². The van der Waals surface area contributed by atoms with Crippen molar-refractivity contribution in [2.75, 3.05) is 11.9 Å². The van der Waals surface area contributed by atoms with Gasteiger partial charge >= 0.3 is 0 Å². The van der Waals surface area contributed by atoms with E-state index in [0.717, 1.165) is 41.2 Å². The number of hydrogen-bond donors (Lipinski definition) is 2. The van der Waals surface area contributed by atoms with Crippen molar-refractivity contribution < 1.29 is 9.90 Å². The molecule has 33 heavy (non-hydrogen) atoms. The first-order valence-electron chi connectivity index (χ1n) is 12.8. The SMILES string of the molecule is Cc1ccc(NC(=O)C[C@H](CCCO)c2nnc([C@H]3C[C@@H](CC(C)C)C3)n2C2CC2)c(C)c1. The van der Waals surface area contributed by atoms with E-state index < -0.39 is 0 Å². The molecule has 4 rings (SSSR count). The number of amides is 1. The Morgan fingerprint density at radius 1 is 1.21 bits per heavy atom. The number of nitrogens with zero attached hydrogens (tertiary/aromatic N) is 3. The number of rotatable bonds is 11. The van der Waals surface area contributed by atoms with Crippen molar-refractivity contribution in [3.05, 3.63) is 41.0 Å². The number of carbonyl (C=O) groups is 1. The van der Waals surface area contributed by atoms with Crippen LogP contribution in [-0.2, 0) is 4.79 Å². The number of hydrogen-bond acceptors (Lipinski definition) is 4. The Bertz CT molecular complexity index is 957. The lowest BCUT2D eigenvalue weighted by Gasteiger charge is -2.36. The average Bonchev–Trinajstić information content (AvgIpc) is 3.48. The quantitative estimate of drug-likeness (QED) is 0.461. The van der Waals surface area contributed by atoms with E-state index in [-0.39, 0.29) is 18.4 Å². The van der Waals surface area contributed by atoms with Crippen LogP contribution in [-0.4, -0.2) is 32.4 Å². The largest absolute Gasteiger partial charge is 0.396 e. The minimum atomic E-state index is -0.0312. The first kappa shape index (κ1) is 23.9. The van der Waals surface area contributed by atoms with Gasteiger partial charge in [0.25, 0.3) is 0 Å². The van der Waals surface area contributed by atoms with Gasteiger partial charge in [0.1, 0.15) is 11.6 Å². The van der Waals surface area contributed by atoms with Crippen LogP contribution >= 0.6 is 0 Å². The van der Waals surface area contributed by atoms with E-state index in [2.05, 4.69) is 46.9 Å². The second-order valence-corrected chi connectivity index (χ2v) is 10.8. The monoisotopic (exact) mass is 452 g/mol. The molecule has 1 amide bonds. The van der Waals surface area contributed by atoms with Crippen molar-refractivity contribution in [1.29, 1.82) is 0 Å². The number of aromatic nitrogens is 3. The smallest absolute Gasteiger partial charge is 0.225 e. The minimum Gasteiger partial charge on any atom is -0.396 e. The molecule has 1 aromatic carbocycles. The van der Waals surface area contributed by atoms with Crippen molar-refractivity contribution in [3.63, 3.8) is 0 Å². The highest BCUT2D eigenvalue weighted by molar-refractivity contribution is 5.92. The number of nitrogens with one attached hydrogen (secondary N) is 1. The van der Waals surface area contributed by atoms with Crippen molar-refractivity contribution >= 4 is 11.6 Å². The van der Waals surface area contributed by atoms with Crippen molar-refractivity contribution in [1.82, 2.24) is 14.8 Å². The number of aliphatic hydroxyl groups is 1. The van der Waals surface area contributed by atoms with Crippen molar-refractivity contribution in [2.24, 2.45) is 11.8 Å². The van der Waals surface area contributed by atoms with E-state index in [0.29, 0.717) is 24.8 Å². The standard InChI is InChI=1S/C27H40N4O2/c1-17(2)12-20-14-22(15-20)27-30-29-26(31(27)23-8-9-23)21(6-5-11-32)16-25(33)28-24-10-7-18(3)13-19(24)4/h7,10,13,17,20-23,32H,5-6,8-9,11-12,14-16H2,1-4H3,(H,28,33)/t20-,21-,22+/m0/s1. The minimum absolute atomic E-state index is 0.00238. The summed E-state index contributed by atoms with van der Waals surface area (Å²) < 4.78 is 2.38. The molecule has 1 atom stereocenters. The average molecular weight is 453 g/mol. The molecule has 0 radical (unpaired) electrons. The molecule has 2 aliphatic carbocycles. The maximum atomic E-state index is 13.0. The van der Waals surface area contributed by atoms with Gasteiger partial charge in [0.2, 0.25) is 5.91 Å². The first-order chi connectivity index (χ1) is 15.9. The van der Waals surface area contributed by atoms with E-state index in [1.54, 1.807) is 0 Å². The van der Waals surface area contributed by atoms with Gasteiger partial charge in [-0.25, -0.2) is 0 Å². The molecule has 2 fully saturated rings. The van der Waals surface area contributed by atoms with Crippen molar-refractivity contribution in [2.45, 2.75) is 96.9 Å². The van der Waals surface area contributed by atoms with Crippen LogP contribution in [0, 0.1) is 25.7 Å². The predicted octanol–water partition coefficient (Wildman–Crippen LogP) is 5.65. The molecule has 0 bridgehead atoms. The second kappa shape index (κ2) is 10.4. The Hall–Kier alpha value is -2.21. The van der Waals surface area contributed by atoms with Gasteiger partial charge in [0.05, 0.1) is 0 Å². The normalized spacial score (nSPS) is 21.2. The summed E-state index contributed by atoms with van der Waals surface area (Å²) in [5, 5.41) is 21.9. The summed E-state index contributed by atoms with van der Waals surface area (Å²) in [6.07, 6.45) is 7.80. The highest BCUT2D eigenvalue weighted by Gasteiger charge is 2.39. The summed E-state index contributed by atoms with van der Waals surface area (Å²) >= 11 is 0. The molecule has 0 aliphatic heterocycles. The Balaban J connectivity index is 1.50. The molecule has 6 heteroatoms. The molecule has 0 saturated heterocycles. The van der Waals surface area contributed by atoms with Gasteiger partial charge in [0, 0.05) is 36.6 Å². The third-order valence-electron chi connectivity index (χ3n) is 7.23. The highest BCUT2D eigenvalue weighted by Crippen LogP contribution is 2.48. The fourth-order valence-electron chi connectivity index (χ4n) is 5.42. The number of benzene rings is 1. The van der Waals surface area contributed by atoms with Gasteiger partial charge in [-0.15, -0.1) is 10.2 Å². The fraction of sp³-hybridized carbons (Fsp3) is 0.667. The second-order valence-electron chi connectivity index (χ2n) is 10.8. The maximum absolute atomic E-state index is 13.0. The zero-order valence-electron chi connectivity index (χ0n) is 20.7. The zero-order chi connectivity index (χ0) is 23.5. The lowest BCUT2D eigenvalue weighted by atomic mass is 9.71. The third kappa shape index (κ3) is 5.84. The summed E-state index contributed by atoms with van der Waals surface area (Å²) in [5.41, 5.74) is 3.11. The van der Waals surface area contributed by atoms with Crippen LogP contribution in [0.15, 0.2) is 18.2 Å². The van der Waals surface area contributed by atoms with Gasteiger partial charge in [-0.05, 0) is 82.3 Å². The van der Waals surface area contributed by atoms with Gasteiger partial charge in [-0.1, -0.05) is 31.5 Å². The predicted molar refractivity (Wildman–Crippen MR) is 131 cm³/mol. The maximum Gasteiger partial charge on any atom is 0.225 e. The summed E-state index contributed by atoms with van der Waals surface area (Å²) in [6.45, 7) is 8.80. The summed E-state index contributed by atoms with van der Waals surface area (Å²) in [5.74, 6) is 4.09. The molecule has 2 saturated carbocycles. The topological polar surface area (TPSA) is 80.0 Å². The molecular weight excluding hydrogens is 412 g/mol. The zero-order valence-corrected chi connectivity index (χ0v) is 20.7. The fourth-order valence-corrected chi connectivity index (χ4v) is 5.42. The molecule has 6 nitrogen and oxygen atoms in total. The van der Waals surface area contributed by atoms with Crippen LogP contribution in [0.3, 0.4) is 0 Å². The Morgan fingerprint density at radius 2 is 1.97 bits per heavy atom. The molecule has 1 aromatic heterocycles. The molecule has 0 unspecified atom stereocenters. The number of anilines is 1. The van der Waals surface area contributed by atoms with Gasteiger partial charge in [0.15, 0.2) is 0 Å². The van der Waals surface area contributed by atoms with E-state index in [4.69, 9.17) is 0 Å². The molecule has 0 spiro atoms. The van der Waals surface area contributed by atoms with Crippen molar-refractivity contribution in [3.8, 4) is 0 Å². The molecule has 2 aromatic rings. The van der Waals surface area contributed by atoms with Crippen LogP contribution in [0.2, 0.25) is 0 Å². The van der Waals surface area contributed by atoms with Gasteiger partial charge in [-0.3, -0.25) is 4.79 Å². The molecule has 180 valence electrons. The van der Waals surface area contributed by atoms with Crippen LogP contribution in [0.4, 0.5) is 5.69 Å². The highest BCUT2D eigenvalue weighted by atomic mass is 16.3. The van der Waals surface area contributed by atoms with Crippen LogP contribution < -0.4 is 5.32 Å². The Labute approximate surface area is 198 Å². The lowest BCUT2D eigenvalue weighted by molar-refractivity contribution is -0.116. The summed E-state index contributed by atoms with van der Waals surface area (Å²) in [7, 11) is 0. The Morgan fingerprint density at radius 3 is 2.61 bits per heavy atom. The molecule has 2 aliphatic rings. The number of aliphatic hydroxyl groups excluding tert-OH is 1. The van der Waals surface area contributed by atoms with E-state index in [1.165, 1.54) is 37.7 Å². The van der Waals surface area contributed by atoms with Gasteiger partial charge < -0.3 is 15.0 Å². The van der Waals surface area contributed by atoms with Crippen LogP contribution in [0.1, 0.15) is 106 Å². The van der Waals surface area contributed by atoms with Crippen LogP contribution in [0.25, 0.3) is 0 Å². The summed E-state index contributed by atoms with van der Waals surface area (Å²) in [4.78, 5) is 13.0. The third-order valence-corrected chi connectivity index (χ3v) is 7.23. The molecular formula is C27H40N4O2. The van der Waals surface area contributed by atoms with E-state index in [9.17, 15) is 9.90 Å².